The number of nitrogens with zero attached hydrogens (tertiary/aromatic N) is 4. The van der Waals surface area contributed by atoms with E-state index in [0.29, 0.717) is 53.9 Å². The first-order valence-corrected chi connectivity index (χ1v) is 20.0. The Morgan fingerprint density at radius 1 is 0.508 bits per heavy atom. The van der Waals surface area contributed by atoms with Gasteiger partial charge in [0.15, 0.2) is 0 Å². The Kier molecular flexibility index (Phi) is 14.0. The van der Waals surface area contributed by atoms with Crippen molar-refractivity contribution in [3.8, 4) is 23.0 Å². The summed E-state index contributed by atoms with van der Waals surface area (Å²) in [6, 6.07) is 52.1. The van der Waals surface area contributed by atoms with E-state index in [1.165, 1.54) is 48.5 Å². The molecule has 0 saturated heterocycles. The smallest absolute Gasteiger partial charge is 0.322 e. The average molecular weight is 843 g/mol. The van der Waals surface area contributed by atoms with Crippen molar-refractivity contribution < 1.29 is 28.9 Å². The van der Waals surface area contributed by atoms with E-state index in [2.05, 4.69) is 10.6 Å². The zero-order chi connectivity index (χ0) is 44.0. The van der Waals surface area contributed by atoms with E-state index < -0.39 is 9.85 Å². The highest BCUT2D eigenvalue weighted by atomic mass is 16.6. The molecule has 0 atom stereocenters. The topological polar surface area (TPSA) is 169 Å². The van der Waals surface area contributed by atoms with Gasteiger partial charge in [-0.05, 0) is 101 Å². The van der Waals surface area contributed by atoms with Crippen LogP contribution in [0.2, 0.25) is 0 Å². The zero-order valence-electron chi connectivity index (χ0n) is 33.9. The predicted molar refractivity (Wildman–Crippen MR) is 240 cm³/mol. The number of non-ortho nitro benzene ring substituents is 2. The standard InChI is InChI=1S/C49H42N6O8/c56-48(53(41-13-5-2-6-14-41)35-37-17-25-45(26-18-37)63-47-29-21-43(22-30-47)55(60)61)50-33-39-10-8-7-9-38(39)31-32-52(49(57)51-40-11-3-1-4-12-40)34-36-15-23-44(24-16-36)62-46-27-19-42(20-28-46)54(58)59/h1-30H,31-35H2,(H,50,56)(H,51,57). The van der Waals surface area contributed by atoms with Crippen LogP contribution >= 0.6 is 0 Å². The van der Waals surface area contributed by atoms with Crippen LogP contribution in [0.5, 0.6) is 23.0 Å². The van der Waals surface area contributed by atoms with Gasteiger partial charge in [-0.25, -0.2) is 9.59 Å². The normalized spacial score (nSPS) is 10.6. The molecule has 7 aromatic rings. The molecule has 4 amide bonds. The van der Waals surface area contributed by atoms with Crippen LogP contribution < -0.4 is 25.0 Å². The number of nitro benzene ring substituents is 2. The van der Waals surface area contributed by atoms with E-state index in [9.17, 15) is 29.8 Å². The highest BCUT2D eigenvalue weighted by Gasteiger charge is 2.19. The molecule has 0 bridgehead atoms. The van der Waals surface area contributed by atoms with Crippen molar-refractivity contribution in [3.05, 3.63) is 224 Å². The molecule has 0 unspecified atom stereocenters. The molecule has 2 N–H and O–H groups in total. The lowest BCUT2D eigenvalue weighted by atomic mass is 10.0. The highest BCUT2D eigenvalue weighted by Crippen LogP contribution is 2.27. The molecule has 14 nitrogen and oxygen atoms in total. The maximum absolute atomic E-state index is 14.0. The van der Waals surface area contributed by atoms with Gasteiger partial charge in [0, 0.05) is 55.3 Å². The van der Waals surface area contributed by atoms with E-state index in [1.54, 1.807) is 34.1 Å². The van der Waals surface area contributed by atoms with Gasteiger partial charge < -0.3 is 25.0 Å². The number of anilines is 2. The Morgan fingerprint density at radius 3 is 1.46 bits per heavy atom. The molecule has 0 radical (unpaired) electrons. The van der Waals surface area contributed by atoms with Crippen LogP contribution in [0.3, 0.4) is 0 Å². The van der Waals surface area contributed by atoms with Gasteiger partial charge in [0.05, 0.1) is 16.4 Å². The highest BCUT2D eigenvalue weighted by molar-refractivity contribution is 5.92. The van der Waals surface area contributed by atoms with Gasteiger partial charge in [-0.15, -0.1) is 0 Å². The molecule has 7 aromatic carbocycles. The van der Waals surface area contributed by atoms with Crippen LogP contribution in [0.25, 0.3) is 0 Å². The molecular formula is C49H42N6O8. The van der Waals surface area contributed by atoms with Gasteiger partial charge in [-0.3, -0.25) is 25.1 Å². The Balaban J connectivity index is 1.01. The molecule has 0 heterocycles. The molecule has 0 saturated carbocycles. The van der Waals surface area contributed by atoms with Crippen molar-refractivity contribution in [3.63, 3.8) is 0 Å². The Labute approximate surface area is 363 Å². The Morgan fingerprint density at radius 2 is 0.952 bits per heavy atom. The van der Waals surface area contributed by atoms with Crippen LogP contribution in [-0.4, -0.2) is 33.4 Å². The maximum atomic E-state index is 14.0. The number of rotatable bonds is 17. The molecule has 63 heavy (non-hydrogen) atoms. The summed E-state index contributed by atoms with van der Waals surface area (Å²) in [5, 5.41) is 28.1. The van der Waals surface area contributed by atoms with Gasteiger partial charge in [0.1, 0.15) is 23.0 Å². The number of hydrogen-bond acceptors (Lipinski definition) is 8. The molecule has 0 aliphatic rings. The van der Waals surface area contributed by atoms with Crippen molar-refractivity contribution in [1.29, 1.82) is 0 Å². The minimum Gasteiger partial charge on any atom is -0.457 e. The third-order valence-electron chi connectivity index (χ3n) is 9.95. The summed E-state index contributed by atoms with van der Waals surface area (Å²) in [4.78, 5) is 52.2. The molecule has 7 rings (SSSR count). The molecule has 0 aromatic heterocycles. The lowest BCUT2D eigenvalue weighted by Gasteiger charge is -2.25. The molecule has 0 aliphatic carbocycles. The average Bonchev–Trinajstić information content (AvgIpc) is 3.31. The molecule has 0 aliphatic heterocycles. The number of benzene rings is 7. The molecular weight excluding hydrogens is 801 g/mol. The number of carbonyl (C=O) groups is 2. The van der Waals surface area contributed by atoms with Crippen LogP contribution in [0.15, 0.2) is 182 Å². The Hall–Kier alpha value is -8.52. The summed E-state index contributed by atoms with van der Waals surface area (Å²) in [5.74, 6) is 2.00. The first-order chi connectivity index (χ1) is 30.7. The van der Waals surface area contributed by atoms with Crippen molar-refractivity contribution >= 4 is 34.8 Å². The fourth-order valence-corrected chi connectivity index (χ4v) is 6.63. The molecule has 316 valence electrons. The summed E-state index contributed by atoms with van der Waals surface area (Å²) in [7, 11) is 0. The first-order valence-electron chi connectivity index (χ1n) is 20.0. The lowest BCUT2D eigenvalue weighted by molar-refractivity contribution is -0.385. The van der Waals surface area contributed by atoms with E-state index >= 15 is 0 Å². The summed E-state index contributed by atoms with van der Waals surface area (Å²) >= 11 is 0. The molecule has 0 spiro atoms. The predicted octanol–water partition coefficient (Wildman–Crippen LogP) is 11.3. The summed E-state index contributed by atoms with van der Waals surface area (Å²) in [5.41, 5.74) is 4.91. The van der Waals surface area contributed by atoms with Gasteiger partial charge in [-0.2, -0.15) is 0 Å². The largest absolute Gasteiger partial charge is 0.457 e. The number of nitro groups is 2. The van der Waals surface area contributed by atoms with Gasteiger partial charge in [0.25, 0.3) is 11.4 Å². The van der Waals surface area contributed by atoms with Gasteiger partial charge in [-0.1, -0.05) is 84.9 Å². The van der Waals surface area contributed by atoms with Gasteiger partial charge in [0.2, 0.25) is 0 Å². The second-order valence-corrected chi connectivity index (χ2v) is 14.3. The third kappa shape index (κ3) is 12.0. The number of nitrogens with one attached hydrogen (secondary N) is 2. The Bertz CT molecular complexity index is 2630. The summed E-state index contributed by atoms with van der Waals surface area (Å²) in [6.07, 6.45) is 0.506. The number of ether oxygens (including phenoxy) is 2. The minimum atomic E-state index is -0.466. The summed E-state index contributed by atoms with van der Waals surface area (Å²) in [6.45, 7) is 1.17. The quantitative estimate of drug-likeness (QED) is 0.0674. The number of para-hydroxylation sites is 2. The number of amides is 4. The minimum absolute atomic E-state index is 0.0253. The van der Waals surface area contributed by atoms with E-state index in [1.807, 2.05) is 109 Å². The fourth-order valence-electron chi connectivity index (χ4n) is 6.63. The number of urea groups is 2. The van der Waals surface area contributed by atoms with E-state index in [0.717, 1.165) is 22.3 Å². The number of carbonyl (C=O) groups excluding carboxylic acids is 2. The van der Waals surface area contributed by atoms with Crippen molar-refractivity contribution in [1.82, 2.24) is 10.2 Å². The van der Waals surface area contributed by atoms with Crippen molar-refractivity contribution in [2.45, 2.75) is 26.1 Å². The summed E-state index contributed by atoms with van der Waals surface area (Å²) < 4.78 is 11.8. The van der Waals surface area contributed by atoms with Crippen molar-refractivity contribution in [2.75, 3.05) is 16.8 Å². The maximum Gasteiger partial charge on any atom is 0.322 e. The second-order valence-electron chi connectivity index (χ2n) is 14.3. The van der Waals surface area contributed by atoms with E-state index in [4.69, 9.17) is 9.47 Å². The molecule has 0 fully saturated rings. The van der Waals surface area contributed by atoms with Crippen LogP contribution in [-0.2, 0) is 26.1 Å². The monoisotopic (exact) mass is 842 g/mol. The zero-order valence-corrected chi connectivity index (χ0v) is 33.9. The van der Waals surface area contributed by atoms with Gasteiger partial charge >= 0.3 is 12.1 Å². The fraction of sp³-hybridized carbons (Fsp3) is 0.102. The second kappa shape index (κ2) is 20.6. The van der Waals surface area contributed by atoms with Crippen molar-refractivity contribution in [2.24, 2.45) is 0 Å². The number of hydrogen-bond donors (Lipinski definition) is 2. The van der Waals surface area contributed by atoms with Crippen LogP contribution in [0, 0.1) is 20.2 Å². The van der Waals surface area contributed by atoms with E-state index in [-0.39, 0.29) is 36.5 Å². The SMILES string of the molecule is O=C(Nc1ccccc1)N(CCc1ccccc1CNC(=O)N(Cc1ccc(Oc2ccc([N+](=O)[O-])cc2)cc1)c1ccccc1)Cc1ccc(Oc2ccc([N+](=O)[O-])cc2)cc1. The first kappa shape index (κ1) is 42.6. The lowest BCUT2D eigenvalue weighted by Crippen LogP contribution is -2.39. The third-order valence-corrected chi connectivity index (χ3v) is 9.95. The van der Waals surface area contributed by atoms with Crippen LogP contribution in [0.1, 0.15) is 22.3 Å². The van der Waals surface area contributed by atoms with Crippen LogP contribution in [0.4, 0.5) is 32.3 Å². The molecule has 14 heteroatoms.